The van der Waals surface area contributed by atoms with Crippen LogP contribution in [0.1, 0.15) is 0 Å². The van der Waals surface area contributed by atoms with E-state index >= 15 is 0 Å². The Kier molecular flexibility index (Phi) is 2.90. The second kappa shape index (κ2) is 4.63. The van der Waals surface area contributed by atoms with Crippen molar-refractivity contribution in [3.63, 3.8) is 0 Å². The summed E-state index contributed by atoms with van der Waals surface area (Å²) < 4.78 is 10.3. The van der Waals surface area contributed by atoms with Gasteiger partial charge in [-0.15, -0.1) is 0 Å². The van der Waals surface area contributed by atoms with Crippen LogP contribution in [0.25, 0.3) is 21.5 Å². The number of ether oxygens (including phenoxy) is 2. The van der Waals surface area contributed by atoms with Crippen molar-refractivity contribution in [1.29, 1.82) is 0 Å². The van der Waals surface area contributed by atoms with Crippen molar-refractivity contribution >= 4 is 21.5 Å². The second-order valence-corrected chi connectivity index (χ2v) is 4.69. The Bertz CT molecular complexity index is 855. The van der Waals surface area contributed by atoms with Gasteiger partial charge in [-0.3, -0.25) is 0 Å². The Balaban J connectivity index is 2.56. The Morgan fingerprint density at radius 3 is 2.05 bits per heavy atom. The number of hydrogen-bond donors (Lipinski definition) is 3. The summed E-state index contributed by atoms with van der Waals surface area (Å²) in [5.41, 5.74) is 0. The standard InChI is InChI=1S/C16H14O5/c1-20-10-5-8-3-4-9-6-12(18)15(19)16(21-2)14(9)13(8)11(17)7-10/h3-7,17-19H,1-2H3. The van der Waals surface area contributed by atoms with E-state index in [2.05, 4.69) is 0 Å². The predicted octanol–water partition coefficient (Wildman–Crippen LogP) is 3.13. The summed E-state index contributed by atoms with van der Waals surface area (Å²) >= 11 is 0. The number of benzene rings is 3. The molecule has 5 heteroatoms. The van der Waals surface area contributed by atoms with E-state index < -0.39 is 0 Å². The summed E-state index contributed by atoms with van der Waals surface area (Å²) in [4.78, 5) is 0. The fourth-order valence-electron chi connectivity index (χ4n) is 2.56. The van der Waals surface area contributed by atoms with E-state index in [4.69, 9.17) is 9.47 Å². The molecule has 0 radical (unpaired) electrons. The molecule has 0 aromatic heterocycles. The fourth-order valence-corrected chi connectivity index (χ4v) is 2.56. The lowest BCUT2D eigenvalue weighted by Gasteiger charge is -2.13. The average molecular weight is 286 g/mol. The number of methoxy groups -OCH3 is 2. The monoisotopic (exact) mass is 286 g/mol. The summed E-state index contributed by atoms with van der Waals surface area (Å²) in [6, 6.07) is 8.27. The maximum Gasteiger partial charge on any atom is 0.201 e. The van der Waals surface area contributed by atoms with Gasteiger partial charge in [0.1, 0.15) is 11.5 Å². The van der Waals surface area contributed by atoms with Crippen LogP contribution in [-0.2, 0) is 0 Å². The molecule has 0 aliphatic heterocycles. The van der Waals surface area contributed by atoms with Crippen molar-refractivity contribution in [3.8, 4) is 28.7 Å². The second-order valence-electron chi connectivity index (χ2n) is 4.69. The molecule has 5 nitrogen and oxygen atoms in total. The van der Waals surface area contributed by atoms with Crippen molar-refractivity contribution in [1.82, 2.24) is 0 Å². The highest BCUT2D eigenvalue weighted by atomic mass is 16.5. The van der Waals surface area contributed by atoms with Crippen LogP contribution < -0.4 is 9.47 Å². The molecule has 0 heterocycles. The molecular weight excluding hydrogens is 272 g/mol. The van der Waals surface area contributed by atoms with Crippen LogP contribution in [0, 0.1) is 0 Å². The van der Waals surface area contributed by atoms with E-state index in [1.165, 1.54) is 26.4 Å². The Labute approximate surface area is 120 Å². The van der Waals surface area contributed by atoms with Gasteiger partial charge in [0.25, 0.3) is 0 Å². The molecule has 0 amide bonds. The van der Waals surface area contributed by atoms with E-state index in [1.54, 1.807) is 18.2 Å². The smallest absolute Gasteiger partial charge is 0.201 e. The van der Waals surface area contributed by atoms with Crippen LogP contribution in [0.4, 0.5) is 0 Å². The van der Waals surface area contributed by atoms with Gasteiger partial charge in [0.15, 0.2) is 11.5 Å². The summed E-state index contributed by atoms with van der Waals surface area (Å²) in [6.45, 7) is 0. The first-order valence-electron chi connectivity index (χ1n) is 6.29. The number of rotatable bonds is 2. The van der Waals surface area contributed by atoms with Crippen LogP contribution in [0.3, 0.4) is 0 Å². The third kappa shape index (κ3) is 1.86. The fraction of sp³-hybridized carbons (Fsp3) is 0.125. The van der Waals surface area contributed by atoms with E-state index in [-0.39, 0.29) is 23.0 Å². The Morgan fingerprint density at radius 2 is 1.43 bits per heavy atom. The van der Waals surface area contributed by atoms with Gasteiger partial charge >= 0.3 is 0 Å². The Hall–Kier alpha value is -2.82. The molecule has 0 spiro atoms. The van der Waals surface area contributed by atoms with Gasteiger partial charge in [-0.25, -0.2) is 0 Å². The minimum absolute atomic E-state index is 0.0124. The molecule has 0 bridgehead atoms. The van der Waals surface area contributed by atoms with Gasteiger partial charge < -0.3 is 24.8 Å². The molecule has 3 aromatic rings. The number of fused-ring (bicyclic) bond motifs is 3. The molecule has 21 heavy (non-hydrogen) atoms. The van der Waals surface area contributed by atoms with Gasteiger partial charge in [-0.2, -0.15) is 0 Å². The molecule has 0 atom stereocenters. The van der Waals surface area contributed by atoms with Crippen LogP contribution in [-0.4, -0.2) is 29.5 Å². The number of aromatic hydroxyl groups is 3. The summed E-state index contributed by atoms with van der Waals surface area (Å²) in [6.07, 6.45) is 0. The molecule has 108 valence electrons. The van der Waals surface area contributed by atoms with Crippen molar-refractivity contribution in [2.75, 3.05) is 14.2 Å². The van der Waals surface area contributed by atoms with Crippen LogP contribution in [0.15, 0.2) is 30.3 Å². The highest BCUT2D eigenvalue weighted by Gasteiger charge is 2.17. The summed E-state index contributed by atoms with van der Waals surface area (Å²) in [5.74, 6) is 0.0372. The molecule has 0 fully saturated rings. The maximum atomic E-state index is 10.3. The van der Waals surface area contributed by atoms with Gasteiger partial charge in [0.2, 0.25) is 5.75 Å². The summed E-state index contributed by atoms with van der Waals surface area (Å²) in [5, 5.41) is 32.4. The average Bonchev–Trinajstić information content (AvgIpc) is 2.48. The number of phenols is 3. The first-order chi connectivity index (χ1) is 10.1. The minimum atomic E-state index is -0.354. The summed E-state index contributed by atoms with van der Waals surface area (Å²) in [7, 11) is 2.92. The molecule has 3 aromatic carbocycles. The SMILES string of the molecule is COc1cc(O)c2c(ccc3cc(O)c(O)c(OC)c32)c1. The number of hydrogen-bond acceptors (Lipinski definition) is 5. The predicted molar refractivity (Wildman–Crippen MR) is 79.6 cm³/mol. The van der Waals surface area contributed by atoms with E-state index in [0.29, 0.717) is 21.9 Å². The molecule has 0 aliphatic rings. The van der Waals surface area contributed by atoms with Crippen molar-refractivity contribution < 1.29 is 24.8 Å². The van der Waals surface area contributed by atoms with Gasteiger partial charge in [-0.05, 0) is 22.9 Å². The lowest BCUT2D eigenvalue weighted by atomic mass is 9.99. The van der Waals surface area contributed by atoms with Crippen LogP contribution in [0.5, 0.6) is 28.7 Å². The Morgan fingerprint density at radius 1 is 0.762 bits per heavy atom. The maximum absolute atomic E-state index is 10.3. The zero-order valence-corrected chi connectivity index (χ0v) is 11.5. The largest absolute Gasteiger partial charge is 0.507 e. The van der Waals surface area contributed by atoms with E-state index in [9.17, 15) is 15.3 Å². The molecule has 3 rings (SSSR count). The minimum Gasteiger partial charge on any atom is -0.507 e. The highest BCUT2D eigenvalue weighted by molar-refractivity contribution is 6.15. The zero-order chi connectivity index (χ0) is 15.1. The molecule has 0 unspecified atom stereocenters. The third-order valence-corrected chi connectivity index (χ3v) is 3.52. The lowest BCUT2D eigenvalue weighted by molar-refractivity contribution is 0.355. The van der Waals surface area contributed by atoms with Crippen molar-refractivity contribution in [3.05, 3.63) is 30.3 Å². The quantitative estimate of drug-likeness (QED) is 0.498. The zero-order valence-electron chi connectivity index (χ0n) is 11.5. The first kappa shape index (κ1) is 13.2. The molecular formula is C16H14O5. The van der Waals surface area contributed by atoms with E-state index in [0.717, 1.165) is 5.39 Å². The molecule has 0 aliphatic carbocycles. The molecule has 3 N–H and O–H groups in total. The molecule has 0 saturated heterocycles. The van der Waals surface area contributed by atoms with Crippen molar-refractivity contribution in [2.24, 2.45) is 0 Å². The van der Waals surface area contributed by atoms with Crippen LogP contribution >= 0.6 is 0 Å². The highest BCUT2D eigenvalue weighted by Crippen LogP contribution is 2.47. The molecule has 0 saturated carbocycles. The van der Waals surface area contributed by atoms with Crippen LogP contribution in [0.2, 0.25) is 0 Å². The van der Waals surface area contributed by atoms with Gasteiger partial charge in [0.05, 0.1) is 14.2 Å². The first-order valence-corrected chi connectivity index (χ1v) is 6.29. The third-order valence-electron chi connectivity index (χ3n) is 3.52. The van der Waals surface area contributed by atoms with Gasteiger partial charge in [-0.1, -0.05) is 12.1 Å². The van der Waals surface area contributed by atoms with E-state index in [1.807, 2.05) is 0 Å². The van der Waals surface area contributed by atoms with Gasteiger partial charge in [0, 0.05) is 16.8 Å². The number of phenolic OH excluding ortho intramolecular Hbond substituents is 3. The lowest BCUT2D eigenvalue weighted by Crippen LogP contribution is -1.89. The normalized spacial score (nSPS) is 11.0. The topological polar surface area (TPSA) is 79.2 Å². The van der Waals surface area contributed by atoms with Crippen molar-refractivity contribution in [2.45, 2.75) is 0 Å².